The summed E-state index contributed by atoms with van der Waals surface area (Å²) in [5.41, 5.74) is 0.915. The smallest absolute Gasteiger partial charge is 0.276 e. The van der Waals surface area contributed by atoms with Gasteiger partial charge in [0.25, 0.3) is 5.91 Å². The average molecular weight is 381 g/mol. The van der Waals surface area contributed by atoms with E-state index in [9.17, 15) is 9.59 Å². The Morgan fingerprint density at radius 2 is 1.72 bits per heavy atom. The van der Waals surface area contributed by atoms with Crippen molar-refractivity contribution in [3.05, 3.63) is 51.8 Å². The monoisotopic (exact) mass is 380 g/mol. The van der Waals surface area contributed by atoms with Crippen LogP contribution in [0, 0.1) is 0 Å². The highest BCUT2D eigenvalue weighted by Crippen LogP contribution is 2.17. The Hall–Kier alpha value is -1.89. The lowest BCUT2D eigenvalue weighted by Crippen LogP contribution is -2.50. The van der Waals surface area contributed by atoms with E-state index in [-0.39, 0.29) is 17.4 Å². The Morgan fingerprint density at radius 3 is 2.28 bits per heavy atom. The molecular weight excluding hydrogens is 363 g/mol. The number of aryl methyl sites for hydroxylation is 1. The molecule has 1 aromatic carbocycles. The van der Waals surface area contributed by atoms with Crippen LogP contribution in [0.15, 0.2) is 30.5 Å². The minimum atomic E-state index is -0.172. The largest absolute Gasteiger partial charge is 0.335 e. The standard InChI is InChI=1S/C17H18Cl2N4O2/c1-21-10-14(19)16(20-21)17(25)23-8-6-22(7-9-23)11-15(24)12-2-4-13(18)5-3-12/h2-5,10H,6-9,11H2,1H3. The van der Waals surface area contributed by atoms with Crippen molar-refractivity contribution in [3.63, 3.8) is 0 Å². The van der Waals surface area contributed by atoms with Crippen LogP contribution in [0.25, 0.3) is 0 Å². The summed E-state index contributed by atoms with van der Waals surface area (Å²) in [6.45, 7) is 2.68. The Morgan fingerprint density at radius 1 is 1.08 bits per heavy atom. The molecule has 1 amide bonds. The Kier molecular flexibility index (Phi) is 5.42. The minimum Gasteiger partial charge on any atom is -0.335 e. The number of nitrogens with zero attached hydrogens (tertiary/aromatic N) is 4. The first kappa shape index (κ1) is 17.9. The molecule has 1 aliphatic heterocycles. The van der Waals surface area contributed by atoms with Gasteiger partial charge in [-0.05, 0) is 24.3 Å². The van der Waals surface area contributed by atoms with Gasteiger partial charge in [0.2, 0.25) is 0 Å². The number of ketones is 1. The molecule has 2 aromatic rings. The highest BCUT2D eigenvalue weighted by atomic mass is 35.5. The second kappa shape index (κ2) is 7.56. The maximum atomic E-state index is 12.5. The topological polar surface area (TPSA) is 58.4 Å². The van der Waals surface area contributed by atoms with E-state index < -0.39 is 0 Å². The molecule has 1 aliphatic rings. The van der Waals surface area contributed by atoms with E-state index >= 15 is 0 Å². The third-order valence-corrected chi connectivity index (χ3v) is 4.71. The molecular formula is C17H18Cl2N4O2. The van der Waals surface area contributed by atoms with E-state index in [2.05, 4.69) is 5.10 Å². The molecule has 0 radical (unpaired) electrons. The number of carbonyl (C=O) groups is 2. The number of halogens is 2. The molecule has 0 atom stereocenters. The number of Topliss-reactive ketones (excluding diaryl/α,β-unsaturated/α-hetero) is 1. The zero-order chi connectivity index (χ0) is 18.0. The summed E-state index contributed by atoms with van der Waals surface area (Å²) in [6, 6.07) is 6.88. The fourth-order valence-electron chi connectivity index (χ4n) is 2.79. The molecule has 8 heteroatoms. The fraction of sp³-hybridized carbons (Fsp3) is 0.353. The van der Waals surface area contributed by atoms with Gasteiger partial charge >= 0.3 is 0 Å². The fourth-order valence-corrected chi connectivity index (χ4v) is 3.18. The quantitative estimate of drug-likeness (QED) is 0.764. The van der Waals surface area contributed by atoms with E-state index in [0.29, 0.717) is 48.3 Å². The first-order valence-electron chi connectivity index (χ1n) is 7.93. The average Bonchev–Trinajstić information content (AvgIpc) is 2.94. The Balaban J connectivity index is 1.55. The molecule has 1 fully saturated rings. The summed E-state index contributed by atoms with van der Waals surface area (Å²) in [6.07, 6.45) is 1.61. The van der Waals surface area contributed by atoms with Gasteiger partial charge < -0.3 is 4.90 Å². The van der Waals surface area contributed by atoms with Crippen LogP contribution in [0.4, 0.5) is 0 Å². The van der Waals surface area contributed by atoms with Crippen molar-refractivity contribution in [2.75, 3.05) is 32.7 Å². The summed E-state index contributed by atoms with van der Waals surface area (Å²) in [7, 11) is 1.73. The van der Waals surface area contributed by atoms with Gasteiger partial charge in [0.15, 0.2) is 11.5 Å². The summed E-state index contributed by atoms with van der Waals surface area (Å²) in [5, 5.41) is 5.08. The minimum absolute atomic E-state index is 0.0456. The van der Waals surface area contributed by atoms with Gasteiger partial charge in [-0.1, -0.05) is 23.2 Å². The van der Waals surface area contributed by atoms with Crippen LogP contribution in [0.2, 0.25) is 10.0 Å². The molecule has 2 heterocycles. The van der Waals surface area contributed by atoms with E-state index in [1.54, 1.807) is 42.4 Å². The predicted octanol–water partition coefficient (Wildman–Crippen LogP) is 2.37. The highest BCUT2D eigenvalue weighted by molar-refractivity contribution is 6.33. The lowest BCUT2D eigenvalue weighted by atomic mass is 10.1. The Labute approximate surface area is 155 Å². The molecule has 25 heavy (non-hydrogen) atoms. The van der Waals surface area contributed by atoms with Crippen LogP contribution in [0.1, 0.15) is 20.8 Å². The molecule has 0 bridgehead atoms. The summed E-state index contributed by atoms with van der Waals surface area (Å²) in [4.78, 5) is 28.6. The second-order valence-electron chi connectivity index (χ2n) is 6.00. The second-order valence-corrected chi connectivity index (χ2v) is 6.84. The number of carbonyl (C=O) groups excluding carboxylic acids is 2. The van der Waals surface area contributed by atoms with Gasteiger partial charge in [-0.15, -0.1) is 0 Å². The maximum Gasteiger partial charge on any atom is 0.276 e. The van der Waals surface area contributed by atoms with Crippen molar-refractivity contribution in [3.8, 4) is 0 Å². The highest BCUT2D eigenvalue weighted by Gasteiger charge is 2.26. The lowest BCUT2D eigenvalue weighted by Gasteiger charge is -2.34. The van der Waals surface area contributed by atoms with Gasteiger partial charge in [0, 0.05) is 50.0 Å². The number of hydrogen-bond acceptors (Lipinski definition) is 4. The zero-order valence-electron chi connectivity index (χ0n) is 13.8. The van der Waals surface area contributed by atoms with E-state index in [1.807, 2.05) is 4.90 Å². The van der Waals surface area contributed by atoms with Gasteiger partial charge in [-0.25, -0.2) is 0 Å². The van der Waals surface area contributed by atoms with Crippen LogP contribution in [0.5, 0.6) is 0 Å². The number of piperazine rings is 1. The molecule has 6 nitrogen and oxygen atoms in total. The molecule has 1 aromatic heterocycles. The number of amides is 1. The lowest BCUT2D eigenvalue weighted by molar-refractivity contribution is 0.0618. The number of hydrogen-bond donors (Lipinski definition) is 0. The van der Waals surface area contributed by atoms with E-state index in [4.69, 9.17) is 23.2 Å². The molecule has 0 unspecified atom stereocenters. The first-order chi connectivity index (χ1) is 11.9. The van der Waals surface area contributed by atoms with Crippen molar-refractivity contribution in [1.82, 2.24) is 19.6 Å². The zero-order valence-corrected chi connectivity index (χ0v) is 15.3. The van der Waals surface area contributed by atoms with Crippen LogP contribution in [-0.2, 0) is 7.05 Å². The van der Waals surface area contributed by atoms with Gasteiger partial charge in [0.05, 0.1) is 11.6 Å². The normalized spacial score (nSPS) is 15.4. The molecule has 0 N–H and O–H groups in total. The number of rotatable bonds is 4. The van der Waals surface area contributed by atoms with Gasteiger partial charge in [-0.3, -0.25) is 19.2 Å². The summed E-state index contributed by atoms with van der Waals surface area (Å²) < 4.78 is 1.52. The molecule has 0 spiro atoms. The first-order valence-corrected chi connectivity index (χ1v) is 8.69. The van der Waals surface area contributed by atoms with Crippen molar-refractivity contribution in [1.29, 1.82) is 0 Å². The predicted molar refractivity (Wildman–Crippen MR) is 96.3 cm³/mol. The van der Waals surface area contributed by atoms with Crippen molar-refractivity contribution < 1.29 is 9.59 Å². The SMILES string of the molecule is Cn1cc(Cl)c(C(=O)N2CCN(CC(=O)c3ccc(Cl)cc3)CC2)n1. The van der Waals surface area contributed by atoms with Crippen molar-refractivity contribution in [2.24, 2.45) is 7.05 Å². The molecule has 3 rings (SSSR count). The van der Waals surface area contributed by atoms with Crippen molar-refractivity contribution in [2.45, 2.75) is 0 Å². The van der Waals surface area contributed by atoms with E-state index in [1.165, 1.54) is 4.68 Å². The van der Waals surface area contributed by atoms with Crippen LogP contribution in [0.3, 0.4) is 0 Å². The van der Waals surface area contributed by atoms with Gasteiger partial charge in [-0.2, -0.15) is 5.10 Å². The summed E-state index contributed by atoms with van der Waals surface area (Å²) in [5.74, 6) is -0.126. The van der Waals surface area contributed by atoms with E-state index in [0.717, 1.165) is 0 Å². The molecule has 132 valence electrons. The molecule has 0 saturated carbocycles. The maximum absolute atomic E-state index is 12.5. The third kappa shape index (κ3) is 4.21. The summed E-state index contributed by atoms with van der Waals surface area (Å²) >= 11 is 11.9. The number of benzene rings is 1. The Bertz CT molecular complexity index is 780. The third-order valence-electron chi connectivity index (χ3n) is 4.18. The van der Waals surface area contributed by atoms with Crippen LogP contribution >= 0.6 is 23.2 Å². The van der Waals surface area contributed by atoms with Crippen LogP contribution in [-0.4, -0.2) is 64.0 Å². The molecule has 0 aliphatic carbocycles. The van der Waals surface area contributed by atoms with Crippen molar-refractivity contribution >= 4 is 34.9 Å². The molecule has 1 saturated heterocycles. The van der Waals surface area contributed by atoms with Gasteiger partial charge in [0.1, 0.15) is 0 Å². The van der Waals surface area contributed by atoms with Crippen LogP contribution < -0.4 is 0 Å². The number of aromatic nitrogens is 2.